The number of nitrogens with zero attached hydrogens (tertiary/aromatic N) is 2. The SMILES string of the molecule is COCc1nc(N2CCCOCC2)sc1C=O. The summed E-state index contributed by atoms with van der Waals surface area (Å²) in [6, 6.07) is 0. The van der Waals surface area contributed by atoms with Crippen molar-refractivity contribution in [2.45, 2.75) is 13.0 Å². The Bertz CT molecular complexity index is 373. The van der Waals surface area contributed by atoms with Crippen LogP contribution < -0.4 is 4.90 Å². The van der Waals surface area contributed by atoms with Gasteiger partial charge in [0.1, 0.15) is 0 Å². The maximum atomic E-state index is 10.9. The molecule has 0 spiro atoms. The Labute approximate surface area is 104 Å². The summed E-state index contributed by atoms with van der Waals surface area (Å²) in [6.07, 6.45) is 1.85. The van der Waals surface area contributed by atoms with Crippen LogP contribution in [0.25, 0.3) is 0 Å². The molecule has 2 rings (SSSR count). The zero-order valence-electron chi connectivity index (χ0n) is 9.85. The van der Waals surface area contributed by atoms with Gasteiger partial charge in [-0.25, -0.2) is 4.98 Å². The molecule has 6 heteroatoms. The molecule has 0 N–H and O–H groups in total. The first kappa shape index (κ1) is 12.5. The normalized spacial score (nSPS) is 16.9. The molecular weight excluding hydrogens is 240 g/mol. The number of carbonyl (C=O) groups excluding carboxylic acids is 1. The third-order valence-electron chi connectivity index (χ3n) is 2.60. The van der Waals surface area contributed by atoms with Crippen molar-refractivity contribution in [3.63, 3.8) is 0 Å². The molecule has 0 unspecified atom stereocenters. The molecule has 0 atom stereocenters. The molecule has 5 nitrogen and oxygen atoms in total. The third-order valence-corrected chi connectivity index (χ3v) is 3.68. The molecule has 1 aliphatic heterocycles. The molecule has 0 aromatic carbocycles. The van der Waals surface area contributed by atoms with E-state index in [2.05, 4.69) is 9.88 Å². The van der Waals surface area contributed by atoms with Gasteiger partial charge in [0, 0.05) is 26.8 Å². The number of ether oxygens (including phenoxy) is 2. The molecule has 17 heavy (non-hydrogen) atoms. The third kappa shape index (κ3) is 3.02. The molecule has 1 fully saturated rings. The van der Waals surface area contributed by atoms with Crippen LogP contribution in [0.3, 0.4) is 0 Å². The second-order valence-electron chi connectivity index (χ2n) is 3.81. The summed E-state index contributed by atoms with van der Waals surface area (Å²) in [5.74, 6) is 0. The Balaban J connectivity index is 2.16. The summed E-state index contributed by atoms with van der Waals surface area (Å²) < 4.78 is 10.4. The first-order valence-corrected chi connectivity index (χ1v) is 6.43. The molecule has 2 heterocycles. The molecule has 0 radical (unpaired) electrons. The van der Waals surface area contributed by atoms with Gasteiger partial charge in [-0.05, 0) is 6.42 Å². The van der Waals surface area contributed by atoms with Gasteiger partial charge >= 0.3 is 0 Å². The minimum atomic E-state index is 0.384. The average Bonchev–Trinajstić information content (AvgIpc) is 2.58. The van der Waals surface area contributed by atoms with E-state index in [4.69, 9.17) is 9.47 Å². The van der Waals surface area contributed by atoms with Gasteiger partial charge in [0.25, 0.3) is 0 Å². The van der Waals surface area contributed by atoms with Crippen molar-refractivity contribution in [3.8, 4) is 0 Å². The van der Waals surface area contributed by atoms with Gasteiger partial charge in [0.2, 0.25) is 0 Å². The van der Waals surface area contributed by atoms with Gasteiger partial charge < -0.3 is 14.4 Å². The molecule has 0 amide bonds. The van der Waals surface area contributed by atoms with Gasteiger partial charge in [-0.2, -0.15) is 0 Å². The van der Waals surface area contributed by atoms with Crippen LogP contribution >= 0.6 is 11.3 Å². The lowest BCUT2D eigenvalue weighted by Crippen LogP contribution is -2.25. The quantitative estimate of drug-likeness (QED) is 0.761. The summed E-state index contributed by atoms with van der Waals surface area (Å²) in [5.41, 5.74) is 0.729. The van der Waals surface area contributed by atoms with Crippen LogP contribution in [-0.4, -0.2) is 44.7 Å². The van der Waals surface area contributed by atoms with Gasteiger partial charge in [-0.3, -0.25) is 4.79 Å². The standard InChI is InChI=1S/C11H16N2O3S/c1-15-8-9-10(7-14)17-11(12-9)13-3-2-5-16-6-4-13/h7H,2-6,8H2,1H3. The number of methoxy groups -OCH3 is 1. The highest BCUT2D eigenvalue weighted by Crippen LogP contribution is 2.26. The maximum absolute atomic E-state index is 10.9. The van der Waals surface area contributed by atoms with Crippen LogP contribution in [0.15, 0.2) is 0 Å². The van der Waals surface area contributed by atoms with E-state index in [9.17, 15) is 4.79 Å². The Hall–Kier alpha value is -0.980. The van der Waals surface area contributed by atoms with Crippen molar-refractivity contribution in [3.05, 3.63) is 10.6 Å². The largest absolute Gasteiger partial charge is 0.380 e. The van der Waals surface area contributed by atoms with Crippen molar-refractivity contribution in [1.82, 2.24) is 4.98 Å². The highest BCUT2D eigenvalue weighted by molar-refractivity contribution is 7.17. The van der Waals surface area contributed by atoms with E-state index in [1.54, 1.807) is 7.11 Å². The lowest BCUT2D eigenvalue weighted by Gasteiger charge is -2.17. The van der Waals surface area contributed by atoms with Crippen LogP contribution in [0.1, 0.15) is 21.8 Å². The van der Waals surface area contributed by atoms with E-state index in [1.165, 1.54) is 11.3 Å². The van der Waals surface area contributed by atoms with E-state index in [1.807, 2.05) is 0 Å². The van der Waals surface area contributed by atoms with Crippen LogP contribution in [0, 0.1) is 0 Å². The lowest BCUT2D eigenvalue weighted by atomic mass is 10.4. The molecule has 1 saturated heterocycles. The lowest BCUT2D eigenvalue weighted by molar-refractivity contribution is 0.112. The Morgan fingerprint density at radius 2 is 2.41 bits per heavy atom. The number of anilines is 1. The highest BCUT2D eigenvalue weighted by atomic mass is 32.1. The van der Waals surface area contributed by atoms with Crippen molar-refractivity contribution in [2.24, 2.45) is 0 Å². The van der Waals surface area contributed by atoms with Crippen molar-refractivity contribution in [2.75, 3.05) is 38.3 Å². The fourth-order valence-corrected chi connectivity index (χ4v) is 2.69. The fourth-order valence-electron chi connectivity index (χ4n) is 1.76. The van der Waals surface area contributed by atoms with E-state index in [0.717, 1.165) is 49.8 Å². The number of rotatable bonds is 4. The van der Waals surface area contributed by atoms with E-state index >= 15 is 0 Å². The number of aldehydes is 1. The second kappa shape index (κ2) is 6.09. The predicted octanol–water partition coefficient (Wildman–Crippen LogP) is 1.33. The second-order valence-corrected chi connectivity index (χ2v) is 4.82. The van der Waals surface area contributed by atoms with Gasteiger partial charge in [-0.1, -0.05) is 11.3 Å². The molecule has 1 aliphatic rings. The fraction of sp³-hybridized carbons (Fsp3) is 0.636. The number of hydrogen-bond acceptors (Lipinski definition) is 6. The van der Waals surface area contributed by atoms with Crippen LogP contribution in [-0.2, 0) is 16.1 Å². The summed E-state index contributed by atoms with van der Waals surface area (Å²) in [4.78, 5) is 18.2. The monoisotopic (exact) mass is 256 g/mol. The smallest absolute Gasteiger partial charge is 0.186 e. The number of aromatic nitrogens is 1. The van der Waals surface area contributed by atoms with Gasteiger partial charge in [-0.15, -0.1) is 0 Å². The number of thiazole rings is 1. The van der Waals surface area contributed by atoms with Crippen molar-refractivity contribution < 1.29 is 14.3 Å². The first-order valence-electron chi connectivity index (χ1n) is 5.61. The summed E-state index contributed by atoms with van der Waals surface area (Å²) in [7, 11) is 1.60. The minimum Gasteiger partial charge on any atom is -0.380 e. The summed E-state index contributed by atoms with van der Waals surface area (Å²) >= 11 is 1.43. The Kier molecular flexibility index (Phi) is 4.47. The molecule has 1 aromatic rings. The van der Waals surface area contributed by atoms with Crippen LogP contribution in [0.2, 0.25) is 0 Å². The predicted molar refractivity (Wildman–Crippen MR) is 65.9 cm³/mol. The molecule has 0 aliphatic carbocycles. The number of carbonyl (C=O) groups is 1. The Morgan fingerprint density at radius 1 is 1.53 bits per heavy atom. The molecular formula is C11H16N2O3S. The topological polar surface area (TPSA) is 51.7 Å². The molecule has 0 bridgehead atoms. The molecule has 0 saturated carbocycles. The maximum Gasteiger partial charge on any atom is 0.186 e. The molecule has 1 aromatic heterocycles. The van der Waals surface area contributed by atoms with Gasteiger partial charge in [0.15, 0.2) is 11.4 Å². The van der Waals surface area contributed by atoms with E-state index < -0.39 is 0 Å². The van der Waals surface area contributed by atoms with Crippen LogP contribution in [0.5, 0.6) is 0 Å². The zero-order chi connectivity index (χ0) is 12.1. The summed E-state index contributed by atoms with van der Waals surface area (Å²) in [5, 5.41) is 0.893. The van der Waals surface area contributed by atoms with E-state index in [-0.39, 0.29) is 0 Å². The number of hydrogen-bond donors (Lipinski definition) is 0. The van der Waals surface area contributed by atoms with Crippen LogP contribution in [0.4, 0.5) is 5.13 Å². The van der Waals surface area contributed by atoms with Crippen molar-refractivity contribution >= 4 is 22.8 Å². The highest BCUT2D eigenvalue weighted by Gasteiger charge is 2.17. The summed E-state index contributed by atoms with van der Waals surface area (Å²) in [6.45, 7) is 3.66. The first-order chi connectivity index (χ1) is 8.35. The van der Waals surface area contributed by atoms with Gasteiger partial charge in [0.05, 0.1) is 23.8 Å². The zero-order valence-corrected chi connectivity index (χ0v) is 10.7. The van der Waals surface area contributed by atoms with Crippen molar-refractivity contribution in [1.29, 1.82) is 0 Å². The Morgan fingerprint density at radius 3 is 3.18 bits per heavy atom. The minimum absolute atomic E-state index is 0.384. The average molecular weight is 256 g/mol. The molecule has 94 valence electrons. The van der Waals surface area contributed by atoms with E-state index in [0.29, 0.717) is 11.5 Å².